The van der Waals surface area contributed by atoms with Gasteiger partial charge in [0.25, 0.3) is 0 Å². The van der Waals surface area contributed by atoms with Gasteiger partial charge >= 0.3 is 0 Å². The van der Waals surface area contributed by atoms with Gasteiger partial charge in [0.1, 0.15) is 12.4 Å². The number of hydrogen-bond donors (Lipinski definition) is 1. The number of nitrogens with one attached hydrogen (secondary N) is 1. The highest BCUT2D eigenvalue weighted by molar-refractivity contribution is 5.78. The van der Waals surface area contributed by atoms with Gasteiger partial charge in [-0.25, -0.2) is 0 Å². The molecule has 1 N–H and O–H groups in total. The van der Waals surface area contributed by atoms with Gasteiger partial charge in [-0.2, -0.15) is 0 Å². The minimum Gasteiger partial charge on any atom is -0.497 e. The molecule has 1 saturated heterocycles. The van der Waals surface area contributed by atoms with Gasteiger partial charge in [0, 0.05) is 26.1 Å². The van der Waals surface area contributed by atoms with Crippen molar-refractivity contribution in [1.29, 1.82) is 0 Å². The Morgan fingerprint density at radius 1 is 1.36 bits per heavy atom. The zero-order valence-corrected chi connectivity index (χ0v) is 12.8. The molecule has 120 valence electrons. The molecule has 0 bridgehead atoms. The fourth-order valence-corrected chi connectivity index (χ4v) is 2.26. The number of rotatable bonds is 7. The van der Waals surface area contributed by atoms with Crippen molar-refractivity contribution in [2.75, 3.05) is 40.0 Å². The summed E-state index contributed by atoms with van der Waals surface area (Å²) in [6.07, 6.45) is 1.12. The van der Waals surface area contributed by atoms with Gasteiger partial charge in [0.05, 0.1) is 13.7 Å². The topological polar surface area (TPSA) is 67.9 Å². The predicted molar refractivity (Wildman–Crippen MR) is 81.7 cm³/mol. The fraction of sp³-hybridized carbons (Fsp3) is 0.500. The lowest BCUT2D eigenvalue weighted by molar-refractivity contribution is -0.142. The maximum atomic E-state index is 11.8. The van der Waals surface area contributed by atoms with Crippen LogP contribution in [-0.2, 0) is 20.7 Å². The number of methoxy groups -OCH3 is 1. The van der Waals surface area contributed by atoms with Crippen LogP contribution in [0.2, 0.25) is 0 Å². The van der Waals surface area contributed by atoms with Crippen LogP contribution in [0.15, 0.2) is 24.3 Å². The fourth-order valence-electron chi connectivity index (χ4n) is 2.26. The molecule has 0 unspecified atom stereocenters. The van der Waals surface area contributed by atoms with Gasteiger partial charge in [0.15, 0.2) is 0 Å². The first-order valence-electron chi connectivity index (χ1n) is 7.44. The second-order valence-corrected chi connectivity index (χ2v) is 5.13. The van der Waals surface area contributed by atoms with Crippen molar-refractivity contribution < 1.29 is 19.1 Å². The Hall–Kier alpha value is -2.08. The van der Waals surface area contributed by atoms with Crippen LogP contribution in [0.4, 0.5) is 0 Å². The highest BCUT2D eigenvalue weighted by Crippen LogP contribution is 2.12. The molecule has 1 aromatic carbocycles. The average molecular weight is 306 g/mol. The van der Waals surface area contributed by atoms with E-state index in [1.165, 1.54) is 0 Å². The number of aryl methyl sites for hydroxylation is 1. The monoisotopic (exact) mass is 306 g/mol. The Kier molecular flexibility index (Phi) is 6.21. The summed E-state index contributed by atoms with van der Waals surface area (Å²) in [5.41, 5.74) is 1.10. The van der Waals surface area contributed by atoms with Gasteiger partial charge in [-0.3, -0.25) is 9.59 Å². The molecule has 0 aromatic heterocycles. The zero-order chi connectivity index (χ0) is 15.8. The summed E-state index contributed by atoms with van der Waals surface area (Å²) < 4.78 is 10.1. The molecule has 1 aromatic rings. The number of hydrogen-bond acceptors (Lipinski definition) is 4. The molecule has 0 saturated carbocycles. The highest BCUT2D eigenvalue weighted by Gasteiger charge is 2.17. The van der Waals surface area contributed by atoms with E-state index < -0.39 is 0 Å². The van der Waals surface area contributed by atoms with Crippen LogP contribution in [0.25, 0.3) is 0 Å². The van der Waals surface area contributed by atoms with E-state index in [1.54, 1.807) is 12.0 Å². The molecule has 6 heteroatoms. The third kappa shape index (κ3) is 5.04. The molecule has 2 amide bonds. The molecule has 0 spiro atoms. The summed E-state index contributed by atoms with van der Waals surface area (Å²) in [4.78, 5) is 25.0. The van der Waals surface area contributed by atoms with E-state index in [2.05, 4.69) is 5.32 Å². The molecule has 2 rings (SSSR count). The SMILES string of the molecule is COc1ccc(CCC(=O)NCCN2CCOCC2=O)cc1. The van der Waals surface area contributed by atoms with Crippen LogP contribution < -0.4 is 10.1 Å². The van der Waals surface area contributed by atoms with E-state index in [1.807, 2.05) is 24.3 Å². The third-order valence-electron chi connectivity index (χ3n) is 3.59. The van der Waals surface area contributed by atoms with Crippen LogP contribution in [0.5, 0.6) is 5.75 Å². The summed E-state index contributed by atoms with van der Waals surface area (Å²) in [6, 6.07) is 7.69. The van der Waals surface area contributed by atoms with Crippen molar-refractivity contribution >= 4 is 11.8 Å². The van der Waals surface area contributed by atoms with Crippen LogP contribution in [0, 0.1) is 0 Å². The smallest absolute Gasteiger partial charge is 0.248 e. The lowest BCUT2D eigenvalue weighted by atomic mass is 10.1. The number of nitrogens with zero attached hydrogens (tertiary/aromatic N) is 1. The maximum absolute atomic E-state index is 11.8. The van der Waals surface area contributed by atoms with Gasteiger partial charge in [-0.15, -0.1) is 0 Å². The molecule has 22 heavy (non-hydrogen) atoms. The first-order valence-corrected chi connectivity index (χ1v) is 7.44. The van der Waals surface area contributed by atoms with Crippen molar-refractivity contribution in [3.8, 4) is 5.75 Å². The number of morpholine rings is 1. The Labute approximate surface area is 130 Å². The van der Waals surface area contributed by atoms with Gasteiger partial charge < -0.3 is 19.7 Å². The summed E-state index contributed by atoms with van der Waals surface area (Å²) >= 11 is 0. The van der Waals surface area contributed by atoms with E-state index in [-0.39, 0.29) is 18.4 Å². The largest absolute Gasteiger partial charge is 0.497 e. The van der Waals surface area contributed by atoms with Crippen molar-refractivity contribution in [3.63, 3.8) is 0 Å². The Balaban J connectivity index is 1.64. The minimum absolute atomic E-state index is 0.00322. The van der Waals surface area contributed by atoms with Crippen molar-refractivity contribution in [2.24, 2.45) is 0 Å². The number of ether oxygens (including phenoxy) is 2. The Morgan fingerprint density at radius 2 is 2.14 bits per heavy atom. The van der Waals surface area contributed by atoms with E-state index in [9.17, 15) is 9.59 Å². The number of carbonyl (C=O) groups is 2. The van der Waals surface area contributed by atoms with Crippen molar-refractivity contribution in [2.45, 2.75) is 12.8 Å². The minimum atomic E-state index is -0.0151. The molecular formula is C16H22N2O4. The summed E-state index contributed by atoms with van der Waals surface area (Å²) in [7, 11) is 1.63. The van der Waals surface area contributed by atoms with Crippen molar-refractivity contribution in [3.05, 3.63) is 29.8 Å². The number of benzene rings is 1. The maximum Gasteiger partial charge on any atom is 0.248 e. The molecular weight excluding hydrogens is 284 g/mol. The normalized spacial score (nSPS) is 14.8. The van der Waals surface area contributed by atoms with E-state index in [4.69, 9.17) is 9.47 Å². The molecule has 0 radical (unpaired) electrons. The van der Waals surface area contributed by atoms with E-state index >= 15 is 0 Å². The molecule has 0 atom stereocenters. The van der Waals surface area contributed by atoms with Crippen LogP contribution in [0.1, 0.15) is 12.0 Å². The van der Waals surface area contributed by atoms with Crippen LogP contribution in [-0.4, -0.2) is 56.7 Å². The lowest BCUT2D eigenvalue weighted by Crippen LogP contribution is -2.45. The van der Waals surface area contributed by atoms with Crippen LogP contribution in [0.3, 0.4) is 0 Å². The van der Waals surface area contributed by atoms with Crippen molar-refractivity contribution in [1.82, 2.24) is 10.2 Å². The molecule has 1 fully saturated rings. The van der Waals surface area contributed by atoms with Crippen LogP contribution >= 0.6 is 0 Å². The summed E-state index contributed by atoms with van der Waals surface area (Å²) in [5, 5.41) is 2.84. The van der Waals surface area contributed by atoms with E-state index in [0.29, 0.717) is 39.1 Å². The summed E-state index contributed by atoms with van der Waals surface area (Å²) in [5.74, 6) is 0.790. The second-order valence-electron chi connectivity index (χ2n) is 5.13. The van der Waals surface area contributed by atoms with E-state index in [0.717, 1.165) is 11.3 Å². The second kappa shape index (κ2) is 8.38. The third-order valence-corrected chi connectivity index (χ3v) is 3.59. The molecule has 6 nitrogen and oxygen atoms in total. The molecule has 1 heterocycles. The lowest BCUT2D eigenvalue weighted by Gasteiger charge is -2.26. The first kappa shape index (κ1) is 16.3. The van der Waals surface area contributed by atoms with Gasteiger partial charge in [-0.05, 0) is 24.1 Å². The molecule has 0 aliphatic carbocycles. The standard InChI is InChI=1S/C16H22N2O4/c1-21-14-5-2-13(3-6-14)4-7-15(19)17-8-9-18-10-11-22-12-16(18)20/h2-3,5-6H,4,7-12H2,1H3,(H,17,19). The van der Waals surface area contributed by atoms with Gasteiger partial charge in [0.2, 0.25) is 11.8 Å². The first-order chi connectivity index (χ1) is 10.7. The average Bonchev–Trinajstić information content (AvgIpc) is 2.55. The highest BCUT2D eigenvalue weighted by atomic mass is 16.5. The number of amides is 2. The molecule has 1 aliphatic rings. The zero-order valence-electron chi connectivity index (χ0n) is 12.8. The molecule has 1 aliphatic heterocycles. The Bertz CT molecular complexity index is 501. The van der Waals surface area contributed by atoms with Gasteiger partial charge in [-0.1, -0.05) is 12.1 Å². The predicted octanol–water partition coefficient (Wildman–Crippen LogP) is 0.603. The summed E-state index contributed by atoms with van der Waals surface area (Å²) in [6.45, 7) is 2.33. The number of carbonyl (C=O) groups excluding carboxylic acids is 2. The quantitative estimate of drug-likeness (QED) is 0.801. The Morgan fingerprint density at radius 3 is 2.82 bits per heavy atom.